The van der Waals surface area contributed by atoms with Crippen molar-refractivity contribution in [2.75, 3.05) is 11.9 Å². The topological polar surface area (TPSA) is 29.0 Å². The summed E-state index contributed by atoms with van der Waals surface area (Å²) < 4.78 is 14.1. The first-order valence-electron chi connectivity index (χ1n) is 6.81. The van der Waals surface area contributed by atoms with Gasteiger partial charge in [0.25, 0.3) is 0 Å². The molecule has 106 valence electrons. The summed E-state index contributed by atoms with van der Waals surface area (Å²) in [5, 5.41) is 0.469. The number of fused-ring (bicyclic) bond motifs is 1. The predicted octanol–water partition coefficient (Wildman–Crippen LogP) is 3.71. The van der Waals surface area contributed by atoms with Gasteiger partial charge in [-0.1, -0.05) is 30.3 Å². The Morgan fingerprint density at radius 3 is 2.67 bits per heavy atom. The number of aromatic nitrogens is 2. The molecule has 3 aromatic rings. The van der Waals surface area contributed by atoms with Crippen LogP contribution in [0.4, 0.5) is 10.2 Å². The van der Waals surface area contributed by atoms with Gasteiger partial charge in [-0.15, -0.1) is 0 Å². The molecule has 21 heavy (non-hydrogen) atoms. The van der Waals surface area contributed by atoms with E-state index in [0.717, 1.165) is 0 Å². The van der Waals surface area contributed by atoms with E-state index in [1.165, 1.54) is 23.5 Å². The molecule has 1 aromatic heterocycles. The first kappa shape index (κ1) is 13.5. The Hall–Kier alpha value is -2.49. The average molecular weight is 281 g/mol. The van der Waals surface area contributed by atoms with Gasteiger partial charge in [-0.3, -0.25) is 0 Å². The number of halogens is 1. The average Bonchev–Trinajstić information content (AvgIpc) is 2.49. The van der Waals surface area contributed by atoms with E-state index in [2.05, 4.69) is 29.0 Å². The lowest BCUT2D eigenvalue weighted by molar-refractivity contribution is 0.638. The van der Waals surface area contributed by atoms with Crippen molar-refractivity contribution in [3.63, 3.8) is 0 Å². The third kappa shape index (κ3) is 2.57. The van der Waals surface area contributed by atoms with Crippen molar-refractivity contribution < 1.29 is 4.39 Å². The molecule has 0 bridgehead atoms. The Balaban J connectivity index is 2.02. The minimum absolute atomic E-state index is 0.292. The Morgan fingerprint density at radius 1 is 1.05 bits per heavy atom. The zero-order valence-corrected chi connectivity index (χ0v) is 12.0. The van der Waals surface area contributed by atoms with Gasteiger partial charge < -0.3 is 4.90 Å². The SMILES string of the molecule is Cc1ccccc1CN(C)c1ncnc2cccc(F)c12. The third-order valence-corrected chi connectivity index (χ3v) is 3.62. The van der Waals surface area contributed by atoms with Crippen LogP contribution in [0.1, 0.15) is 11.1 Å². The molecule has 0 saturated carbocycles. The molecule has 0 radical (unpaired) electrons. The van der Waals surface area contributed by atoms with E-state index in [1.807, 2.05) is 24.1 Å². The van der Waals surface area contributed by atoms with E-state index < -0.39 is 0 Å². The minimum atomic E-state index is -0.292. The van der Waals surface area contributed by atoms with Crippen molar-refractivity contribution in [2.24, 2.45) is 0 Å². The molecule has 0 spiro atoms. The van der Waals surface area contributed by atoms with Crippen LogP contribution in [-0.4, -0.2) is 17.0 Å². The molecule has 4 heteroatoms. The molecular formula is C17H16FN3. The normalized spacial score (nSPS) is 10.8. The molecule has 2 aromatic carbocycles. The minimum Gasteiger partial charge on any atom is -0.355 e. The summed E-state index contributed by atoms with van der Waals surface area (Å²) in [6.45, 7) is 2.75. The van der Waals surface area contributed by atoms with Gasteiger partial charge in [0, 0.05) is 13.6 Å². The second-order valence-electron chi connectivity index (χ2n) is 5.11. The summed E-state index contributed by atoms with van der Waals surface area (Å²) in [6.07, 6.45) is 1.48. The number of benzene rings is 2. The zero-order valence-electron chi connectivity index (χ0n) is 12.0. The molecular weight excluding hydrogens is 265 g/mol. The van der Waals surface area contributed by atoms with Crippen LogP contribution in [0.2, 0.25) is 0 Å². The molecule has 0 fully saturated rings. The van der Waals surface area contributed by atoms with Gasteiger partial charge in [-0.25, -0.2) is 14.4 Å². The molecule has 0 amide bonds. The van der Waals surface area contributed by atoms with Crippen LogP contribution in [0.3, 0.4) is 0 Å². The summed E-state index contributed by atoms with van der Waals surface area (Å²) in [5.41, 5.74) is 3.03. The smallest absolute Gasteiger partial charge is 0.142 e. The lowest BCUT2D eigenvalue weighted by Gasteiger charge is -2.20. The highest BCUT2D eigenvalue weighted by molar-refractivity contribution is 5.89. The highest BCUT2D eigenvalue weighted by Gasteiger charge is 2.13. The van der Waals surface area contributed by atoms with Gasteiger partial charge in [0.2, 0.25) is 0 Å². The lowest BCUT2D eigenvalue weighted by atomic mass is 10.1. The van der Waals surface area contributed by atoms with Gasteiger partial charge >= 0.3 is 0 Å². The summed E-state index contributed by atoms with van der Waals surface area (Å²) >= 11 is 0. The second kappa shape index (κ2) is 5.48. The number of aryl methyl sites for hydroxylation is 1. The summed E-state index contributed by atoms with van der Waals surface area (Å²) in [4.78, 5) is 10.4. The largest absolute Gasteiger partial charge is 0.355 e. The maximum absolute atomic E-state index is 14.1. The molecule has 0 aliphatic carbocycles. The number of anilines is 1. The van der Waals surface area contributed by atoms with Gasteiger partial charge in [0.1, 0.15) is 18.0 Å². The highest BCUT2D eigenvalue weighted by atomic mass is 19.1. The molecule has 0 atom stereocenters. The van der Waals surface area contributed by atoms with E-state index in [0.29, 0.717) is 23.3 Å². The number of nitrogens with zero attached hydrogens (tertiary/aromatic N) is 3. The molecule has 0 N–H and O–H groups in total. The monoisotopic (exact) mass is 281 g/mol. The van der Waals surface area contributed by atoms with Crippen LogP contribution >= 0.6 is 0 Å². The van der Waals surface area contributed by atoms with Crippen LogP contribution in [0.25, 0.3) is 10.9 Å². The Kier molecular flexibility index (Phi) is 3.52. The van der Waals surface area contributed by atoms with E-state index in [4.69, 9.17) is 0 Å². The molecule has 0 unspecified atom stereocenters. The Morgan fingerprint density at radius 2 is 1.86 bits per heavy atom. The van der Waals surface area contributed by atoms with E-state index in [9.17, 15) is 4.39 Å². The summed E-state index contributed by atoms with van der Waals surface area (Å²) in [7, 11) is 1.92. The van der Waals surface area contributed by atoms with Crippen LogP contribution in [-0.2, 0) is 6.54 Å². The summed E-state index contributed by atoms with van der Waals surface area (Å²) in [6, 6.07) is 13.1. The van der Waals surface area contributed by atoms with Gasteiger partial charge in [0.05, 0.1) is 10.9 Å². The highest BCUT2D eigenvalue weighted by Crippen LogP contribution is 2.26. The lowest BCUT2D eigenvalue weighted by Crippen LogP contribution is -2.19. The van der Waals surface area contributed by atoms with E-state index >= 15 is 0 Å². The van der Waals surface area contributed by atoms with Gasteiger partial charge in [-0.05, 0) is 30.2 Å². The Bertz CT molecular complexity index is 781. The van der Waals surface area contributed by atoms with Crippen LogP contribution in [0, 0.1) is 12.7 Å². The Labute approximate surface area is 123 Å². The van der Waals surface area contributed by atoms with Crippen molar-refractivity contribution in [3.05, 3.63) is 65.7 Å². The fourth-order valence-corrected chi connectivity index (χ4v) is 2.46. The second-order valence-corrected chi connectivity index (χ2v) is 5.11. The maximum atomic E-state index is 14.1. The fraction of sp³-hybridized carbons (Fsp3) is 0.176. The number of rotatable bonds is 3. The number of hydrogen-bond donors (Lipinski definition) is 0. The first-order valence-corrected chi connectivity index (χ1v) is 6.81. The predicted molar refractivity (Wildman–Crippen MR) is 82.8 cm³/mol. The molecule has 3 rings (SSSR count). The van der Waals surface area contributed by atoms with Crippen molar-refractivity contribution >= 4 is 16.7 Å². The molecule has 0 aliphatic rings. The van der Waals surface area contributed by atoms with Crippen molar-refractivity contribution in [3.8, 4) is 0 Å². The van der Waals surface area contributed by atoms with Crippen LogP contribution in [0.5, 0.6) is 0 Å². The molecule has 1 heterocycles. The number of hydrogen-bond acceptors (Lipinski definition) is 3. The first-order chi connectivity index (χ1) is 10.2. The molecule has 0 aliphatic heterocycles. The third-order valence-electron chi connectivity index (χ3n) is 3.62. The van der Waals surface area contributed by atoms with Crippen LogP contribution in [0.15, 0.2) is 48.8 Å². The van der Waals surface area contributed by atoms with Crippen LogP contribution < -0.4 is 4.90 Å². The van der Waals surface area contributed by atoms with Crippen molar-refractivity contribution in [2.45, 2.75) is 13.5 Å². The fourth-order valence-electron chi connectivity index (χ4n) is 2.46. The van der Waals surface area contributed by atoms with Crippen molar-refractivity contribution in [1.82, 2.24) is 9.97 Å². The maximum Gasteiger partial charge on any atom is 0.142 e. The molecule has 3 nitrogen and oxygen atoms in total. The van der Waals surface area contributed by atoms with Crippen molar-refractivity contribution in [1.29, 1.82) is 0 Å². The summed E-state index contributed by atoms with van der Waals surface area (Å²) in [5.74, 6) is 0.320. The zero-order chi connectivity index (χ0) is 14.8. The quantitative estimate of drug-likeness (QED) is 0.732. The van der Waals surface area contributed by atoms with E-state index in [1.54, 1.807) is 12.1 Å². The molecule has 0 saturated heterocycles. The van der Waals surface area contributed by atoms with Gasteiger partial charge in [0.15, 0.2) is 0 Å². The standard InChI is InChI=1S/C17H16FN3/c1-12-6-3-4-7-13(12)10-21(2)17-16-14(18)8-5-9-15(16)19-11-20-17/h3-9,11H,10H2,1-2H3. The van der Waals surface area contributed by atoms with Gasteiger partial charge in [-0.2, -0.15) is 0 Å². The van der Waals surface area contributed by atoms with E-state index in [-0.39, 0.29) is 5.82 Å².